The van der Waals surface area contributed by atoms with Crippen molar-refractivity contribution in [1.29, 1.82) is 0 Å². The fourth-order valence-electron chi connectivity index (χ4n) is 0.764. The van der Waals surface area contributed by atoms with Gasteiger partial charge in [0.25, 0.3) is 0 Å². The van der Waals surface area contributed by atoms with E-state index in [4.69, 9.17) is 16.7 Å². The largest absolute Gasteiger partial charge is 0.465 e. The number of carbonyl (C=O) groups is 1. The van der Waals surface area contributed by atoms with Gasteiger partial charge in [-0.05, 0) is 18.2 Å². The predicted octanol–water partition coefficient (Wildman–Crippen LogP) is 1.87. The number of esters is 1. The smallest absolute Gasteiger partial charge is 0.340 e. The Balaban J connectivity index is 0.000000791. The van der Waals surface area contributed by atoms with Crippen LogP contribution in [0.25, 0.3) is 0 Å². The van der Waals surface area contributed by atoms with Crippen LogP contribution < -0.4 is 0 Å². The number of ether oxygens (including phenoxy) is 1. The van der Waals surface area contributed by atoms with Crippen molar-refractivity contribution in [3.05, 3.63) is 34.6 Å². The van der Waals surface area contributed by atoms with E-state index in [0.717, 1.165) is 13.2 Å². The maximum atomic E-state index is 12.8. The molecule has 0 aromatic heterocycles. The molecule has 1 rings (SSSR count). The van der Waals surface area contributed by atoms with Crippen molar-refractivity contribution in [1.82, 2.24) is 0 Å². The summed E-state index contributed by atoms with van der Waals surface area (Å²) in [5.41, 5.74) is -0.148. The topological polar surface area (TPSA) is 46.5 Å². The van der Waals surface area contributed by atoms with Crippen molar-refractivity contribution in [3.63, 3.8) is 0 Å². The Labute approximate surface area is 86.1 Å². The van der Waals surface area contributed by atoms with Gasteiger partial charge in [0.2, 0.25) is 0 Å². The molecule has 0 radical (unpaired) electrons. The van der Waals surface area contributed by atoms with Crippen LogP contribution in [-0.2, 0) is 4.74 Å². The summed E-state index contributed by atoms with van der Waals surface area (Å²) in [5.74, 6) is -1.36. The molecule has 0 aliphatic heterocycles. The molecule has 0 spiro atoms. The predicted molar refractivity (Wildman–Crippen MR) is 50.9 cm³/mol. The average Bonchev–Trinajstić information content (AvgIpc) is 2.23. The molecule has 5 heteroatoms. The van der Waals surface area contributed by atoms with E-state index in [0.29, 0.717) is 5.02 Å². The van der Waals surface area contributed by atoms with E-state index in [1.165, 1.54) is 19.2 Å². The summed E-state index contributed by atoms with van der Waals surface area (Å²) in [5, 5.41) is 7.30. The number of rotatable bonds is 1. The molecule has 0 unspecified atom stereocenters. The van der Waals surface area contributed by atoms with Crippen LogP contribution in [0.5, 0.6) is 0 Å². The normalized spacial score (nSPS) is 8.64. The van der Waals surface area contributed by atoms with Gasteiger partial charge in [-0.2, -0.15) is 0 Å². The zero-order valence-electron chi connectivity index (χ0n) is 7.75. The molecular formula is C9H10ClFO3. The molecule has 1 aromatic carbocycles. The third kappa shape index (κ3) is 3.32. The second kappa shape index (κ2) is 6.34. The second-order valence-electron chi connectivity index (χ2n) is 2.12. The molecule has 0 aliphatic carbocycles. The maximum absolute atomic E-state index is 12.8. The number of methoxy groups -OCH3 is 1. The molecule has 14 heavy (non-hydrogen) atoms. The summed E-state index contributed by atoms with van der Waals surface area (Å²) in [6.45, 7) is 0. The molecule has 0 saturated heterocycles. The zero-order chi connectivity index (χ0) is 11.1. The van der Waals surface area contributed by atoms with Crippen LogP contribution >= 0.6 is 11.6 Å². The lowest BCUT2D eigenvalue weighted by molar-refractivity contribution is 0.0595. The molecule has 1 aromatic rings. The van der Waals surface area contributed by atoms with Gasteiger partial charge in [0, 0.05) is 12.1 Å². The molecule has 78 valence electrons. The van der Waals surface area contributed by atoms with Crippen molar-refractivity contribution in [2.75, 3.05) is 14.2 Å². The summed E-state index contributed by atoms with van der Waals surface area (Å²) >= 11 is 5.54. The number of hydrogen-bond acceptors (Lipinski definition) is 3. The fraction of sp³-hybridized carbons (Fsp3) is 0.222. The van der Waals surface area contributed by atoms with Crippen molar-refractivity contribution in [3.8, 4) is 0 Å². The number of aliphatic hydroxyl groups is 1. The van der Waals surface area contributed by atoms with E-state index < -0.39 is 11.8 Å². The number of halogens is 2. The van der Waals surface area contributed by atoms with Crippen molar-refractivity contribution < 1.29 is 19.0 Å². The van der Waals surface area contributed by atoms with Gasteiger partial charge in [-0.1, -0.05) is 11.6 Å². The van der Waals surface area contributed by atoms with E-state index >= 15 is 0 Å². The Bertz CT molecular complexity index is 315. The van der Waals surface area contributed by atoms with Crippen LogP contribution in [-0.4, -0.2) is 25.3 Å². The van der Waals surface area contributed by atoms with Gasteiger partial charge in [0.1, 0.15) is 5.82 Å². The number of carbonyl (C=O) groups excluding carboxylic acids is 1. The highest BCUT2D eigenvalue weighted by molar-refractivity contribution is 6.30. The van der Waals surface area contributed by atoms with Gasteiger partial charge >= 0.3 is 5.97 Å². The lowest BCUT2D eigenvalue weighted by Gasteiger charge is -2.00. The second-order valence-corrected chi connectivity index (χ2v) is 2.55. The number of benzene rings is 1. The summed E-state index contributed by atoms with van der Waals surface area (Å²) in [6.07, 6.45) is 0. The fourth-order valence-corrected chi connectivity index (χ4v) is 0.936. The monoisotopic (exact) mass is 220 g/mol. The van der Waals surface area contributed by atoms with Gasteiger partial charge in [-0.25, -0.2) is 9.18 Å². The molecule has 0 saturated carbocycles. The van der Waals surface area contributed by atoms with Crippen LogP contribution in [0.4, 0.5) is 4.39 Å². The molecule has 0 heterocycles. The Kier molecular flexibility index (Phi) is 5.83. The van der Waals surface area contributed by atoms with E-state index in [9.17, 15) is 9.18 Å². The molecule has 0 atom stereocenters. The molecule has 0 aliphatic rings. The highest BCUT2D eigenvalue weighted by atomic mass is 35.5. The van der Waals surface area contributed by atoms with E-state index in [1.54, 1.807) is 0 Å². The first-order chi connectivity index (χ1) is 6.65. The minimum atomic E-state index is -0.727. The number of aliphatic hydroxyl groups excluding tert-OH is 1. The first-order valence-corrected chi connectivity index (χ1v) is 4.01. The third-order valence-corrected chi connectivity index (χ3v) is 1.57. The molecule has 3 nitrogen and oxygen atoms in total. The summed E-state index contributed by atoms with van der Waals surface area (Å²) in [4.78, 5) is 10.9. The van der Waals surface area contributed by atoms with Crippen molar-refractivity contribution in [2.24, 2.45) is 0 Å². The van der Waals surface area contributed by atoms with E-state index in [1.807, 2.05) is 0 Å². The summed E-state index contributed by atoms with van der Waals surface area (Å²) < 4.78 is 17.2. The first kappa shape index (κ1) is 12.9. The highest BCUT2D eigenvalue weighted by Gasteiger charge is 2.11. The Morgan fingerprint density at radius 3 is 2.57 bits per heavy atom. The van der Waals surface area contributed by atoms with Crippen LogP contribution in [0, 0.1) is 5.82 Å². The van der Waals surface area contributed by atoms with Gasteiger partial charge in [0.15, 0.2) is 0 Å². The quantitative estimate of drug-likeness (QED) is 0.735. The average molecular weight is 221 g/mol. The van der Waals surface area contributed by atoms with Crippen molar-refractivity contribution >= 4 is 17.6 Å². The SMILES string of the molecule is CO.COC(=O)c1cc(Cl)ccc1F. The van der Waals surface area contributed by atoms with Crippen molar-refractivity contribution in [2.45, 2.75) is 0 Å². The third-order valence-electron chi connectivity index (χ3n) is 1.33. The summed E-state index contributed by atoms with van der Waals surface area (Å²) in [7, 11) is 2.18. The van der Waals surface area contributed by atoms with Crippen LogP contribution in [0.2, 0.25) is 5.02 Å². The van der Waals surface area contributed by atoms with Gasteiger partial charge in [-0.15, -0.1) is 0 Å². The van der Waals surface area contributed by atoms with Gasteiger partial charge in [0.05, 0.1) is 12.7 Å². The minimum Gasteiger partial charge on any atom is -0.465 e. The van der Waals surface area contributed by atoms with E-state index in [-0.39, 0.29) is 5.56 Å². The highest BCUT2D eigenvalue weighted by Crippen LogP contribution is 2.15. The van der Waals surface area contributed by atoms with Crippen LogP contribution in [0.3, 0.4) is 0 Å². The van der Waals surface area contributed by atoms with E-state index in [2.05, 4.69) is 4.74 Å². The first-order valence-electron chi connectivity index (χ1n) is 3.63. The van der Waals surface area contributed by atoms with Crippen LogP contribution in [0.1, 0.15) is 10.4 Å². The minimum absolute atomic E-state index is 0.148. The van der Waals surface area contributed by atoms with Crippen LogP contribution in [0.15, 0.2) is 18.2 Å². The van der Waals surface area contributed by atoms with Gasteiger partial charge < -0.3 is 9.84 Å². The maximum Gasteiger partial charge on any atom is 0.340 e. The lowest BCUT2D eigenvalue weighted by Crippen LogP contribution is -2.03. The Morgan fingerprint density at radius 2 is 2.07 bits per heavy atom. The zero-order valence-corrected chi connectivity index (χ0v) is 8.51. The Hall–Kier alpha value is -1.13. The van der Waals surface area contributed by atoms with Gasteiger partial charge in [-0.3, -0.25) is 0 Å². The number of hydrogen-bond donors (Lipinski definition) is 1. The molecular weight excluding hydrogens is 211 g/mol. The molecule has 0 fully saturated rings. The molecule has 1 N–H and O–H groups in total. The lowest BCUT2D eigenvalue weighted by atomic mass is 10.2. The standard InChI is InChI=1S/C8H6ClFO2.CH4O/c1-12-8(11)6-4-5(9)2-3-7(6)10;1-2/h2-4H,1H3;2H,1H3. The Morgan fingerprint density at radius 1 is 1.50 bits per heavy atom. The summed E-state index contributed by atoms with van der Waals surface area (Å²) in [6, 6.07) is 3.71. The molecule has 0 amide bonds. The molecule has 0 bridgehead atoms.